The molecule has 0 spiro atoms. The number of amides is 1. The van der Waals surface area contributed by atoms with Gasteiger partial charge in [0.15, 0.2) is 5.11 Å². The lowest BCUT2D eigenvalue weighted by Crippen LogP contribution is -2.43. The fraction of sp³-hybridized carbons (Fsp3) is 0.333. The summed E-state index contributed by atoms with van der Waals surface area (Å²) < 4.78 is 5.66. The number of thiocarbonyl (C=S) groups is 1. The molecule has 0 saturated heterocycles. The van der Waals surface area contributed by atoms with E-state index in [1.54, 1.807) is 24.3 Å². The number of rotatable bonds is 6. The molecule has 2 aromatic rings. The van der Waals surface area contributed by atoms with Crippen LogP contribution in [0.15, 0.2) is 42.5 Å². The van der Waals surface area contributed by atoms with Gasteiger partial charge in [-0.1, -0.05) is 19.9 Å². The fourth-order valence-corrected chi connectivity index (χ4v) is 2.68. The Morgan fingerprint density at radius 1 is 1.04 bits per heavy atom. The zero-order valence-corrected chi connectivity index (χ0v) is 17.1. The molecule has 0 aliphatic carbocycles. The van der Waals surface area contributed by atoms with Gasteiger partial charge in [-0.3, -0.25) is 15.6 Å². The molecule has 0 radical (unpaired) electrons. The smallest absolute Gasteiger partial charge is 0.269 e. The molecule has 0 heterocycles. The molecule has 144 valence electrons. The van der Waals surface area contributed by atoms with Crippen LogP contribution in [0.5, 0.6) is 5.75 Å². The number of anilines is 1. The van der Waals surface area contributed by atoms with Crippen LogP contribution in [0.1, 0.15) is 41.8 Å². The Hall–Kier alpha value is -2.60. The summed E-state index contributed by atoms with van der Waals surface area (Å²) in [5, 5.41) is 3.38. The van der Waals surface area contributed by atoms with Crippen molar-refractivity contribution in [1.82, 2.24) is 10.9 Å². The maximum Gasteiger partial charge on any atom is 0.269 e. The Morgan fingerprint density at radius 2 is 1.67 bits per heavy atom. The number of nitrogens with one attached hydrogen (secondary N) is 3. The number of hydrogen-bond acceptors (Lipinski definition) is 3. The highest BCUT2D eigenvalue weighted by Gasteiger charge is 2.07. The first-order valence-corrected chi connectivity index (χ1v) is 9.43. The molecule has 27 heavy (non-hydrogen) atoms. The normalized spacial score (nSPS) is 10.4. The molecule has 0 bridgehead atoms. The summed E-state index contributed by atoms with van der Waals surface area (Å²) in [6.45, 7) is 9.02. The average molecular weight is 386 g/mol. The van der Waals surface area contributed by atoms with Crippen molar-refractivity contribution in [1.29, 1.82) is 0 Å². The summed E-state index contributed by atoms with van der Waals surface area (Å²) in [6, 6.07) is 13.1. The molecule has 2 aromatic carbocycles. The number of aryl methyl sites for hydroxylation is 2. The molecule has 5 nitrogen and oxygen atoms in total. The van der Waals surface area contributed by atoms with Gasteiger partial charge in [-0.05, 0) is 85.9 Å². The third-order valence-corrected chi connectivity index (χ3v) is 4.05. The molecule has 3 N–H and O–H groups in total. The molecule has 0 aliphatic heterocycles. The Morgan fingerprint density at radius 3 is 2.26 bits per heavy atom. The molecule has 6 heteroatoms. The summed E-state index contributed by atoms with van der Waals surface area (Å²) in [5.41, 5.74) is 8.99. The van der Waals surface area contributed by atoms with Gasteiger partial charge in [0.25, 0.3) is 5.91 Å². The van der Waals surface area contributed by atoms with Crippen LogP contribution in [0.4, 0.5) is 5.69 Å². The lowest BCUT2D eigenvalue weighted by Gasteiger charge is -2.13. The summed E-state index contributed by atoms with van der Waals surface area (Å²) in [7, 11) is 0. The predicted molar refractivity (Wildman–Crippen MR) is 114 cm³/mol. The van der Waals surface area contributed by atoms with Gasteiger partial charge < -0.3 is 10.1 Å². The van der Waals surface area contributed by atoms with E-state index in [9.17, 15) is 4.79 Å². The monoisotopic (exact) mass is 385 g/mol. The first-order valence-electron chi connectivity index (χ1n) is 9.02. The molecule has 0 aliphatic rings. The van der Waals surface area contributed by atoms with Crippen LogP contribution >= 0.6 is 12.2 Å². The van der Waals surface area contributed by atoms with Gasteiger partial charge in [-0.15, -0.1) is 0 Å². The van der Waals surface area contributed by atoms with Crippen molar-refractivity contribution in [3.63, 3.8) is 0 Å². The van der Waals surface area contributed by atoms with Gasteiger partial charge in [0, 0.05) is 11.3 Å². The lowest BCUT2D eigenvalue weighted by atomic mass is 10.1. The highest BCUT2D eigenvalue weighted by atomic mass is 32.1. The highest BCUT2D eigenvalue weighted by Crippen LogP contribution is 2.14. The van der Waals surface area contributed by atoms with Crippen LogP contribution in [0, 0.1) is 19.8 Å². The maximum absolute atomic E-state index is 12.2. The number of hydrogen-bond donors (Lipinski definition) is 3. The van der Waals surface area contributed by atoms with Crippen LogP contribution < -0.4 is 20.9 Å². The molecule has 2 rings (SSSR count). The summed E-state index contributed by atoms with van der Waals surface area (Å²) in [5.74, 6) is 1.09. The zero-order chi connectivity index (χ0) is 19.8. The van der Waals surface area contributed by atoms with Gasteiger partial charge in [-0.25, -0.2) is 0 Å². The van der Waals surface area contributed by atoms with Gasteiger partial charge in [0.05, 0.1) is 6.61 Å². The van der Waals surface area contributed by atoms with Crippen LogP contribution in [-0.4, -0.2) is 17.6 Å². The minimum absolute atomic E-state index is 0.270. The van der Waals surface area contributed by atoms with Gasteiger partial charge in [0.2, 0.25) is 0 Å². The molecular weight excluding hydrogens is 358 g/mol. The summed E-state index contributed by atoms with van der Waals surface area (Å²) in [6.07, 6.45) is 0.997. The van der Waals surface area contributed by atoms with Crippen LogP contribution in [0.3, 0.4) is 0 Å². The quantitative estimate of drug-likeness (QED) is 0.509. The van der Waals surface area contributed by atoms with Gasteiger partial charge >= 0.3 is 0 Å². The number of benzene rings is 2. The second-order valence-electron chi connectivity index (χ2n) is 6.96. The first-order chi connectivity index (χ1) is 12.8. The van der Waals surface area contributed by atoms with Crippen molar-refractivity contribution in [2.45, 2.75) is 34.1 Å². The summed E-state index contributed by atoms with van der Waals surface area (Å²) in [4.78, 5) is 12.2. The maximum atomic E-state index is 12.2. The third-order valence-electron chi connectivity index (χ3n) is 3.85. The molecular formula is C21H27N3O2S. The Balaban J connectivity index is 1.81. The van der Waals surface area contributed by atoms with Crippen LogP contribution in [0.25, 0.3) is 0 Å². The first kappa shape index (κ1) is 20.7. The highest BCUT2D eigenvalue weighted by molar-refractivity contribution is 7.80. The number of ether oxygens (including phenoxy) is 1. The number of carbonyl (C=O) groups is 1. The predicted octanol–water partition coefficient (Wildman–Crippen LogP) is 4.36. The van der Waals surface area contributed by atoms with E-state index in [0.29, 0.717) is 23.2 Å². The van der Waals surface area contributed by atoms with E-state index in [1.165, 1.54) is 0 Å². The van der Waals surface area contributed by atoms with E-state index >= 15 is 0 Å². The van der Waals surface area contributed by atoms with E-state index in [0.717, 1.165) is 29.0 Å². The second kappa shape index (κ2) is 9.92. The average Bonchev–Trinajstić information content (AvgIpc) is 2.59. The van der Waals surface area contributed by atoms with Crippen molar-refractivity contribution in [3.05, 3.63) is 59.2 Å². The largest absolute Gasteiger partial charge is 0.494 e. The van der Waals surface area contributed by atoms with Crippen molar-refractivity contribution >= 4 is 28.9 Å². The minimum Gasteiger partial charge on any atom is -0.494 e. The Kier molecular flexibility index (Phi) is 7.61. The summed E-state index contributed by atoms with van der Waals surface area (Å²) >= 11 is 5.22. The van der Waals surface area contributed by atoms with Gasteiger partial charge in [-0.2, -0.15) is 0 Å². The Bertz CT molecular complexity index is 768. The van der Waals surface area contributed by atoms with Gasteiger partial charge in [0.1, 0.15) is 5.75 Å². The minimum atomic E-state index is -0.270. The topological polar surface area (TPSA) is 62.4 Å². The van der Waals surface area contributed by atoms with Crippen molar-refractivity contribution in [2.24, 2.45) is 5.92 Å². The molecule has 0 atom stereocenters. The van der Waals surface area contributed by atoms with E-state index in [-0.39, 0.29) is 5.91 Å². The van der Waals surface area contributed by atoms with E-state index < -0.39 is 0 Å². The molecule has 0 saturated carbocycles. The van der Waals surface area contributed by atoms with Crippen LogP contribution in [-0.2, 0) is 0 Å². The Labute approximate surface area is 166 Å². The lowest BCUT2D eigenvalue weighted by molar-refractivity contribution is 0.0944. The molecule has 0 fully saturated rings. The fourth-order valence-electron chi connectivity index (χ4n) is 2.51. The second-order valence-corrected chi connectivity index (χ2v) is 7.37. The van der Waals surface area contributed by atoms with Crippen molar-refractivity contribution in [3.8, 4) is 5.75 Å². The number of hydrazine groups is 1. The molecule has 0 aromatic heterocycles. The molecule has 1 amide bonds. The van der Waals surface area contributed by atoms with Crippen LogP contribution in [0.2, 0.25) is 0 Å². The zero-order valence-electron chi connectivity index (χ0n) is 16.3. The number of carbonyl (C=O) groups excluding carboxylic acids is 1. The van der Waals surface area contributed by atoms with Crippen molar-refractivity contribution < 1.29 is 9.53 Å². The third kappa shape index (κ3) is 7.27. The van der Waals surface area contributed by atoms with E-state index in [1.807, 2.05) is 26.0 Å². The van der Waals surface area contributed by atoms with E-state index in [2.05, 4.69) is 36.1 Å². The standard InChI is InChI=1S/C21H27N3O2S/c1-14(2)9-10-26-19-7-5-17(6-8-19)20(25)23-24-21(27)22-18-12-15(3)11-16(4)13-18/h5-8,11-14H,9-10H2,1-4H3,(H,23,25)(H2,22,24,27). The molecule has 0 unspecified atom stereocenters. The van der Waals surface area contributed by atoms with E-state index in [4.69, 9.17) is 17.0 Å². The van der Waals surface area contributed by atoms with Crippen molar-refractivity contribution in [2.75, 3.05) is 11.9 Å². The SMILES string of the molecule is Cc1cc(C)cc(NC(=S)NNC(=O)c2ccc(OCCC(C)C)cc2)c1.